The highest BCUT2D eigenvalue weighted by molar-refractivity contribution is 5.02. The molecule has 0 aromatic rings. The molecular weight excluding hydrogens is 408 g/mol. The molecule has 2 atom stereocenters. The van der Waals surface area contributed by atoms with E-state index in [1.54, 1.807) is 11.1 Å². The Morgan fingerprint density at radius 3 is 1.00 bits per heavy atom. The smallest absolute Gasteiger partial charge is 0 e. The van der Waals surface area contributed by atoms with E-state index >= 15 is 0 Å². The maximum Gasteiger partial charge on any atom is 0 e. The predicted octanol–water partition coefficient (Wildman–Crippen LogP) is 13.6. The van der Waals surface area contributed by atoms with Crippen molar-refractivity contribution in [2.75, 3.05) is 0 Å². The molecule has 0 bridgehead atoms. The zero-order valence-corrected chi connectivity index (χ0v) is 22.6. The molecule has 212 valence electrons. The summed E-state index contributed by atoms with van der Waals surface area (Å²) in [6, 6.07) is 0. The van der Waals surface area contributed by atoms with E-state index in [0.717, 1.165) is 29.6 Å². The normalized spacial score (nSPS) is 28.6. The number of rotatable bonds is 0. The molecule has 0 heterocycles. The first-order valence-electron chi connectivity index (χ1n) is 14.1. The van der Waals surface area contributed by atoms with Gasteiger partial charge in [-0.2, -0.15) is 0 Å². The van der Waals surface area contributed by atoms with Gasteiger partial charge < -0.3 is 0 Å². The van der Waals surface area contributed by atoms with Crippen molar-refractivity contribution in [1.29, 1.82) is 0 Å². The molecule has 0 heteroatoms. The van der Waals surface area contributed by atoms with Crippen molar-refractivity contribution in [2.45, 2.75) is 167 Å². The first-order chi connectivity index (χ1) is 14.8. The molecule has 34 heavy (non-hydrogen) atoms. The third-order valence-corrected chi connectivity index (χ3v) is 8.00. The maximum absolute atomic E-state index is 2.37. The van der Waals surface area contributed by atoms with E-state index in [2.05, 4.69) is 60.6 Å². The van der Waals surface area contributed by atoms with Gasteiger partial charge in [0.15, 0.2) is 0 Å². The molecule has 2 fully saturated rings. The van der Waals surface area contributed by atoms with Crippen molar-refractivity contribution >= 4 is 0 Å². The SMILES string of the molecule is C.C.C.CC1=CCC(C)CC1.CC1=CCC(C)CC1.CC1CCC(C)CC1.CC1CCCCC1.[HH].[HH].[HH]. The number of allylic oxidation sites excluding steroid dienone is 4. The Kier molecular flexibility index (Phi) is 25.6. The summed E-state index contributed by atoms with van der Waals surface area (Å²) in [5.74, 6) is 4.96. The van der Waals surface area contributed by atoms with Crippen molar-refractivity contribution in [3.8, 4) is 0 Å². The summed E-state index contributed by atoms with van der Waals surface area (Å²) in [5, 5.41) is 0. The van der Waals surface area contributed by atoms with E-state index in [0.29, 0.717) is 0 Å². The molecule has 4 aliphatic carbocycles. The van der Waals surface area contributed by atoms with Crippen LogP contribution in [0, 0.1) is 29.6 Å². The van der Waals surface area contributed by atoms with Crippen LogP contribution in [0.25, 0.3) is 0 Å². The van der Waals surface area contributed by atoms with Gasteiger partial charge in [0.2, 0.25) is 0 Å². The van der Waals surface area contributed by atoms with E-state index in [-0.39, 0.29) is 26.6 Å². The van der Waals surface area contributed by atoms with Crippen LogP contribution in [0.3, 0.4) is 0 Å². The van der Waals surface area contributed by atoms with Crippen LogP contribution in [-0.2, 0) is 0 Å². The first kappa shape index (κ1) is 38.0. The zero-order chi connectivity index (χ0) is 23.1. The first-order valence-corrected chi connectivity index (χ1v) is 14.1. The monoisotopic (exact) mass is 485 g/mol. The summed E-state index contributed by atoms with van der Waals surface area (Å²) in [6.45, 7) is 16.2. The molecule has 2 saturated carbocycles. The van der Waals surface area contributed by atoms with Crippen molar-refractivity contribution in [2.24, 2.45) is 29.6 Å². The summed E-state index contributed by atoms with van der Waals surface area (Å²) in [7, 11) is 0. The quantitative estimate of drug-likeness (QED) is 0.300. The topological polar surface area (TPSA) is 0 Å². The Morgan fingerprint density at radius 1 is 0.471 bits per heavy atom. The van der Waals surface area contributed by atoms with Gasteiger partial charge >= 0.3 is 0 Å². The van der Waals surface area contributed by atoms with Gasteiger partial charge in [-0.05, 0) is 82.0 Å². The van der Waals surface area contributed by atoms with Crippen LogP contribution in [0.2, 0.25) is 0 Å². The highest BCUT2D eigenvalue weighted by atomic mass is 14.2. The summed E-state index contributed by atoms with van der Waals surface area (Å²) in [6.07, 6.45) is 26.2. The highest BCUT2D eigenvalue weighted by Gasteiger charge is 2.13. The third-order valence-electron chi connectivity index (χ3n) is 8.00. The lowest BCUT2D eigenvalue weighted by molar-refractivity contribution is 0.308. The van der Waals surface area contributed by atoms with Crippen LogP contribution in [0.5, 0.6) is 0 Å². The van der Waals surface area contributed by atoms with E-state index < -0.39 is 0 Å². The van der Waals surface area contributed by atoms with E-state index in [9.17, 15) is 0 Å². The highest BCUT2D eigenvalue weighted by Crippen LogP contribution is 2.27. The summed E-state index contributed by atoms with van der Waals surface area (Å²) in [4.78, 5) is 0. The fraction of sp³-hybridized carbons (Fsp3) is 0.882. The van der Waals surface area contributed by atoms with Gasteiger partial charge in [0.05, 0.1) is 0 Å². The Labute approximate surface area is 224 Å². The van der Waals surface area contributed by atoms with Gasteiger partial charge in [0, 0.05) is 4.28 Å². The zero-order valence-electron chi connectivity index (χ0n) is 22.6. The summed E-state index contributed by atoms with van der Waals surface area (Å²) >= 11 is 0. The van der Waals surface area contributed by atoms with Crippen LogP contribution >= 0.6 is 0 Å². The largest absolute Gasteiger partial charge is 0.0853 e. The van der Waals surface area contributed by atoms with Crippen LogP contribution in [0.4, 0.5) is 0 Å². The third kappa shape index (κ3) is 20.8. The van der Waals surface area contributed by atoms with Gasteiger partial charge in [0.1, 0.15) is 0 Å². The van der Waals surface area contributed by atoms with Crippen molar-refractivity contribution in [3.63, 3.8) is 0 Å². The van der Waals surface area contributed by atoms with Gasteiger partial charge in [0.25, 0.3) is 0 Å². The van der Waals surface area contributed by atoms with E-state index in [4.69, 9.17) is 0 Å². The molecule has 0 amide bonds. The van der Waals surface area contributed by atoms with Crippen LogP contribution < -0.4 is 0 Å². The Bertz CT molecular complexity index is 459. The fourth-order valence-corrected chi connectivity index (χ4v) is 4.93. The van der Waals surface area contributed by atoms with Crippen LogP contribution in [-0.4, -0.2) is 0 Å². The van der Waals surface area contributed by atoms with Crippen molar-refractivity contribution in [3.05, 3.63) is 23.3 Å². The van der Waals surface area contributed by atoms with E-state index in [1.165, 1.54) is 96.3 Å². The average Bonchev–Trinajstić information content (AvgIpc) is 2.76. The van der Waals surface area contributed by atoms with Gasteiger partial charge in [-0.15, -0.1) is 0 Å². The van der Waals surface area contributed by atoms with E-state index in [1.807, 2.05) is 0 Å². The lowest BCUT2D eigenvalue weighted by Crippen LogP contribution is -2.08. The molecule has 4 aliphatic rings. The average molecular weight is 485 g/mol. The molecule has 0 saturated heterocycles. The maximum atomic E-state index is 2.37. The number of hydrogen-bond acceptors (Lipinski definition) is 0. The van der Waals surface area contributed by atoms with Gasteiger partial charge in [-0.25, -0.2) is 0 Å². The van der Waals surface area contributed by atoms with Crippen molar-refractivity contribution < 1.29 is 4.28 Å². The van der Waals surface area contributed by atoms with Crippen LogP contribution in [0.1, 0.15) is 171 Å². The molecule has 0 aliphatic heterocycles. The molecule has 2 unspecified atom stereocenters. The second kappa shape index (κ2) is 22.9. The lowest BCUT2D eigenvalue weighted by atomic mass is 9.84. The summed E-state index contributed by atoms with van der Waals surface area (Å²) in [5.41, 5.74) is 3.17. The standard InChI is InChI=1S/C8H16.2C8H14.C7H14.3CH4.3H2/c3*1-7-3-5-8(2)6-4-7;1-7-5-3-2-4-6-7;;;;;;/h7-8H,3-6H2,1-2H3;2*3,8H,4-6H2,1-2H3;7H,2-6H2,1H3;3*1H4;3*1H. The molecule has 0 radical (unpaired) electrons. The molecule has 0 N–H and O–H groups in total. The predicted molar refractivity (Wildman–Crippen MR) is 169 cm³/mol. The Balaban J connectivity index is -0.0000000822. The Hall–Kier alpha value is -0.520. The minimum Gasteiger partial charge on any atom is -0.0853 e. The molecular formula is C34H76. The van der Waals surface area contributed by atoms with Crippen molar-refractivity contribution in [1.82, 2.24) is 0 Å². The minimum absolute atomic E-state index is 0. The fourth-order valence-electron chi connectivity index (χ4n) is 4.93. The molecule has 4 rings (SSSR count). The molecule has 0 nitrogen and oxygen atoms in total. The Morgan fingerprint density at radius 2 is 0.794 bits per heavy atom. The summed E-state index contributed by atoms with van der Waals surface area (Å²) < 4.78 is 0. The second-order valence-electron chi connectivity index (χ2n) is 12.0. The molecule has 0 spiro atoms. The molecule has 0 aromatic carbocycles. The van der Waals surface area contributed by atoms with Gasteiger partial charge in [-0.3, -0.25) is 0 Å². The van der Waals surface area contributed by atoms with Crippen LogP contribution in [0.15, 0.2) is 23.3 Å². The molecule has 0 aromatic heterocycles. The lowest BCUT2D eigenvalue weighted by Gasteiger charge is -2.22. The minimum atomic E-state index is 0. The second-order valence-corrected chi connectivity index (χ2v) is 12.0. The number of hydrogen-bond donors (Lipinski definition) is 0. The van der Waals surface area contributed by atoms with Gasteiger partial charge in [-0.1, -0.05) is 138 Å².